The van der Waals surface area contributed by atoms with Gasteiger partial charge in [-0.25, -0.2) is 4.79 Å². The lowest BCUT2D eigenvalue weighted by atomic mass is 9.98. The second-order valence-corrected chi connectivity index (χ2v) is 4.73. The predicted molar refractivity (Wildman–Crippen MR) is 71.3 cm³/mol. The molecule has 18 heavy (non-hydrogen) atoms. The third kappa shape index (κ3) is 1.72. The number of nitrogens with zero attached hydrogens (tertiary/aromatic N) is 2. The minimum absolute atomic E-state index is 0.226. The zero-order chi connectivity index (χ0) is 12.5. The first-order valence-corrected chi connectivity index (χ1v) is 6.62. The van der Waals surface area contributed by atoms with Crippen LogP contribution < -0.4 is 9.80 Å². The molecule has 0 unspecified atom stereocenters. The number of hydrogen-bond donors (Lipinski definition) is 0. The van der Waals surface area contributed by atoms with Gasteiger partial charge in [-0.1, -0.05) is 12.1 Å². The molecule has 2 aliphatic rings. The highest BCUT2D eigenvalue weighted by Gasteiger charge is 2.30. The summed E-state index contributed by atoms with van der Waals surface area (Å²) in [5, 5.41) is 0. The second-order valence-electron chi connectivity index (χ2n) is 4.73. The van der Waals surface area contributed by atoms with Gasteiger partial charge in [0.25, 0.3) is 0 Å². The molecule has 0 spiro atoms. The molecule has 0 saturated heterocycles. The monoisotopic (exact) mass is 246 g/mol. The van der Waals surface area contributed by atoms with Crippen LogP contribution in [-0.2, 0) is 11.2 Å². The molecular formula is C14H18N2O2. The first-order valence-electron chi connectivity index (χ1n) is 6.62. The summed E-state index contributed by atoms with van der Waals surface area (Å²) in [7, 11) is 0. The van der Waals surface area contributed by atoms with Crippen LogP contribution in [0.5, 0.6) is 0 Å². The molecule has 3 rings (SSSR count). The van der Waals surface area contributed by atoms with Gasteiger partial charge in [0.15, 0.2) is 0 Å². The van der Waals surface area contributed by atoms with Crippen molar-refractivity contribution < 1.29 is 9.53 Å². The number of para-hydroxylation sites is 1. The van der Waals surface area contributed by atoms with Crippen molar-refractivity contribution in [3.05, 3.63) is 23.8 Å². The summed E-state index contributed by atoms with van der Waals surface area (Å²) in [5.41, 5.74) is 3.60. The van der Waals surface area contributed by atoms with E-state index < -0.39 is 0 Å². The van der Waals surface area contributed by atoms with Gasteiger partial charge in [-0.3, -0.25) is 4.90 Å². The van der Waals surface area contributed by atoms with Crippen LogP contribution in [0.25, 0.3) is 0 Å². The van der Waals surface area contributed by atoms with Gasteiger partial charge in [-0.15, -0.1) is 0 Å². The molecule has 0 aromatic heterocycles. The van der Waals surface area contributed by atoms with E-state index in [-0.39, 0.29) is 6.09 Å². The first kappa shape index (κ1) is 11.4. The number of amides is 1. The van der Waals surface area contributed by atoms with E-state index in [1.165, 1.54) is 17.7 Å². The summed E-state index contributed by atoms with van der Waals surface area (Å²) in [5.74, 6) is 0. The maximum Gasteiger partial charge on any atom is 0.414 e. The van der Waals surface area contributed by atoms with Crippen LogP contribution >= 0.6 is 0 Å². The average molecular weight is 246 g/mol. The maximum atomic E-state index is 12.0. The Bertz CT molecular complexity index is 473. The lowest BCUT2D eigenvalue weighted by Crippen LogP contribution is -2.46. The number of hydrogen-bond acceptors (Lipinski definition) is 3. The number of ether oxygens (including phenoxy) is 1. The van der Waals surface area contributed by atoms with E-state index in [2.05, 4.69) is 11.0 Å². The Morgan fingerprint density at radius 1 is 1.33 bits per heavy atom. The van der Waals surface area contributed by atoms with Crippen LogP contribution in [0.15, 0.2) is 18.2 Å². The fourth-order valence-corrected chi connectivity index (χ4v) is 2.89. The molecule has 0 N–H and O–H groups in total. The van der Waals surface area contributed by atoms with E-state index in [9.17, 15) is 4.79 Å². The van der Waals surface area contributed by atoms with E-state index in [0.29, 0.717) is 6.61 Å². The molecule has 2 aliphatic heterocycles. The van der Waals surface area contributed by atoms with Crippen LogP contribution in [-0.4, -0.2) is 32.3 Å². The Hall–Kier alpha value is -1.71. The summed E-state index contributed by atoms with van der Waals surface area (Å²) >= 11 is 0. The van der Waals surface area contributed by atoms with Crippen molar-refractivity contribution in [2.45, 2.75) is 19.8 Å². The first-order chi connectivity index (χ1) is 8.81. The number of carbonyl (C=O) groups excluding carboxylic acids is 1. The molecule has 4 heteroatoms. The Morgan fingerprint density at radius 3 is 3.06 bits per heavy atom. The molecule has 0 bridgehead atoms. The highest BCUT2D eigenvalue weighted by Crippen LogP contribution is 2.39. The van der Waals surface area contributed by atoms with Crippen LogP contribution in [0, 0.1) is 0 Å². The average Bonchev–Trinajstić information content (AvgIpc) is 2.40. The van der Waals surface area contributed by atoms with Gasteiger partial charge in [-0.2, -0.15) is 0 Å². The highest BCUT2D eigenvalue weighted by atomic mass is 16.6. The zero-order valence-electron chi connectivity index (χ0n) is 10.7. The number of rotatable bonds is 1. The van der Waals surface area contributed by atoms with Crippen LogP contribution in [0.1, 0.15) is 18.9 Å². The minimum atomic E-state index is -0.226. The smallest absolute Gasteiger partial charge is 0.414 e. The normalized spacial score (nSPS) is 17.4. The van der Waals surface area contributed by atoms with Crippen molar-refractivity contribution in [2.75, 3.05) is 36.0 Å². The fraction of sp³-hybridized carbons (Fsp3) is 0.500. The topological polar surface area (TPSA) is 32.8 Å². The van der Waals surface area contributed by atoms with E-state index in [0.717, 1.165) is 31.7 Å². The third-order valence-corrected chi connectivity index (χ3v) is 3.66. The maximum absolute atomic E-state index is 12.0. The summed E-state index contributed by atoms with van der Waals surface area (Å²) in [6, 6.07) is 6.22. The molecule has 96 valence electrons. The molecule has 1 aromatic carbocycles. The van der Waals surface area contributed by atoms with Gasteiger partial charge in [-0.05, 0) is 31.4 Å². The molecule has 1 amide bonds. The lowest BCUT2D eigenvalue weighted by molar-refractivity contribution is 0.159. The van der Waals surface area contributed by atoms with E-state index in [1.807, 2.05) is 19.1 Å². The fourth-order valence-electron chi connectivity index (χ4n) is 2.89. The largest absolute Gasteiger partial charge is 0.449 e. The van der Waals surface area contributed by atoms with Gasteiger partial charge in [0, 0.05) is 19.6 Å². The predicted octanol–water partition coefficient (Wildman–Crippen LogP) is 2.42. The number of anilines is 2. The number of benzene rings is 1. The molecule has 0 fully saturated rings. The van der Waals surface area contributed by atoms with E-state index in [4.69, 9.17) is 4.74 Å². The molecule has 0 saturated carbocycles. The Balaban J connectivity index is 2.01. The van der Waals surface area contributed by atoms with Crippen LogP contribution in [0.3, 0.4) is 0 Å². The second kappa shape index (κ2) is 4.52. The van der Waals surface area contributed by atoms with Crippen LogP contribution in [0.4, 0.5) is 16.2 Å². The molecule has 0 aliphatic carbocycles. The zero-order valence-corrected chi connectivity index (χ0v) is 10.7. The van der Waals surface area contributed by atoms with Gasteiger partial charge < -0.3 is 9.64 Å². The summed E-state index contributed by atoms with van der Waals surface area (Å²) in [6.45, 7) is 4.99. The van der Waals surface area contributed by atoms with Gasteiger partial charge in [0.05, 0.1) is 18.0 Å². The molecule has 1 aromatic rings. The van der Waals surface area contributed by atoms with Crippen molar-refractivity contribution in [1.82, 2.24) is 0 Å². The van der Waals surface area contributed by atoms with E-state index in [1.54, 1.807) is 4.90 Å². The molecule has 0 radical (unpaired) electrons. The SMILES string of the molecule is CCOC(=O)N1CCN2CCCc3cccc1c32. The Labute approximate surface area is 107 Å². The van der Waals surface area contributed by atoms with Crippen molar-refractivity contribution >= 4 is 17.5 Å². The summed E-state index contributed by atoms with van der Waals surface area (Å²) in [6.07, 6.45) is 2.09. The Morgan fingerprint density at radius 2 is 2.22 bits per heavy atom. The third-order valence-electron chi connectivity index (χ3n) is 3.66. The molecule has 4 nitrogen and oxygen atoms in total. The van der Waals surface area contributed by atoms with E-state index >= 15 is 0 Å². The minimum Gasteiger partial charge on any atom is -0.449 e. The van der Waals surface area contributed by atoms with Gasteiger partial charge in [0.2, 0.25) is 0 Å². The Kier molecular flexibility index (Phi) is 2.86. The van der Waals surface area contributed by atoms with Crippen LogP contribution in [0.2, 0.25) is 0 Å². The molecular weight excluding hydrogens is 228 g/mol. The van der Waals surface area contributed by atoms with Crippen molar-refractivity contribution in [2.24, 2.45) is 0 Å². The molecule has 2 heterocycles. The number of carbonyl (C=O) groups is 1. The molecule has 0 atom stereocenters. The van der Waals surface area contributed by atoms with Gasteiger partial charge >= 0.3 is 6.09 Å². The lowest BCUT2D eigenvalue weighted by Gasteiger charge is -2.40. The van der Waals surface area contributed by atoms with Crippen molar-refractivity contribution in [1.29, 1.82) is 0 Å². The number of aryl methyl sites for hydroxylation is 1. The van der Waals surface area contributed by atoms with Crippen molar-refractivity contribution in [3.63, 3.8) is 0 Å². The highest BCUT2D eigenvalue weighted by molar-refractivity contribution is 5.94. The summed E-state index contributed by atoms with van der Waals surface area (Å²) in [4.78, 5) is 16.1. The quantitative estimate of drug-likeness (QED) is 0.763. The van der Waals surface area contributed by atoms with Crippen molar-refractivity contribution in [3.8, 4) is 0 Å². The standard InChI is InChI=1S/C14H18N2O2/c1-2-18-14(17)16-10-9-15-8-4-6-11-5-3-7-12(16)13(11)15/h3,5,7H,2,4,6,8-10H2,1H3. The summed E-state index contributed by atoms with van der Waals surface area (Å²) < 4.78 is 5.13. The van der Waals surface area contributed by atoms with Gasteiger partial charge in [0.1, 0.15) is 0 Å².